The molecule has 0 bridgehead atoms. The van der Waals surface area contributed by atoms with Gasteiger partial charge < -0.3 is 9.47 Å². The number of ether oxygens (including phenoxy) is 2. The molecule has 1 aliphatic rings. The van der Waals surface area contributed by atoms with Crippen LogP contribution in [-0.4, -0.2) is 18.2 Å². The SMILES string of the molecule is COc1cc(/C=C2/SC(=Nc3ccccc3)N(c3ccccc3)C2=O)ccc1OCc1ccc(C)cc1. The zero-order chi connectivity index (χ0) is 25.6. The summed E-state index contributed by atoms with van der Waals surface area (Å²) >= 11 is 1.35. The fourth-order valence-corrected chi connectivity index (χ4v) is 4.86. The van der Waals surface area contributed by atoms with E-state index in [9.17, 15) is 4.79 Å². The molecule has 0 atom stereocenters. The number of anilines is 1. The number of thioether (sulfide) groups is 1. The van der Waals surface area contributed by atoms with Crippen molar-refractivity contribution in [2.24, 2.45) is 4.99 Å². The zero-order valence-electron chi connectivity index (χ0n) is 20.6. The highest BCUT2D eigenvalue weighted by molar-refractivity contribution is 8.19. The fourth-order valence-electron chi connectivity index (χ4n) is 3.86. The van der Waals surface area contributed by atoms with Gasteiger partial charge in [0.2, 0.25) is 0 Å². The minimum absolute atomic E-state index is 0.121. The van der Waals surface area contributed by atoms with Crippen molar-refractivity contribution in [2.45, 2.75) is 13.5 Å². The van der Waals surface area contributed by atoms with Crippen LogP contribution in [0.25, 0.3) is 6.08 Å². The number of para-hydroxylation sites is 2. The van der Waals surface area contributed by atoms with Gasteiger partial charge in [0.1, 0.15) is 6.61 Å². The molecule has 184 valence electrons. The number of aryl methyl sites for hydroxylation is 1. The Bertz CT molecular complexity index is 1450. The third kappa shape index (κ3) is 5.76. The second-order valence-electron chi connectivity index (χ2n) is 8.50. The summed E-state index contributed by atoms with van der Waals surface area (Å²) in [6, 6.07) is 33.1. The molecule has 0 unspecified atom stereocenters. The van der Waals surface area contributed by atoms with Crippen molar-refractivity contribution in [3.63, 3.8) is 0 Å². The van der Waals surface area contributed by atoms with Crippen molar-refractivity contribution in [1.29, 1.82) is 0 Å². The van der Waals surface area contributed by atoms with E-state index < -0.39 is 0 Å². The molecular formula is C31H26N2O3S. The number of aliphatic imine (C=N–C) groups is 1. The minimum Gasteiger partial charge on any atom is -0.493 e. The van der Waals surface area contributed by atoms with E-state index in [0.29, 0.717) is 28.2 Å². The Kier molecular flexibility index (Phi) is 7.38. The molecule has 6 heteroatoms. The maximum Gasteiger partial charge on any atom is 0.271 e. The monoisotopic (exact) mass is 506 g/mol. The van der Waals surface area contributed by atoms with E-state index in [1.54, 1.807) is 12.0 Å². The van der Waals surface area contributed by atoms with Gasteiger partial charge in [-0.05, 0) is 72.3 Å². The summed E-state index contributed by atoms with van der Waals surface area (Å²) in [5, 5.41) is 0.610. The summed E-state index contributed by atoms with van der Waals surface area (Å²) < 4.78 is 11.6. The van der Waals surface area contributed by atoms with Gasteiger partial charge in [-0.25, -0.2) is 4.99 Å². The first kappa shape index (κ1) is 24.4. The number of carbonyl (C=O) groups excluding carboxylic acids is 1. The van der Waals surface area contributed by atoms with Crippen LogP contribution in [-0.2, 0) is 11.4 Å². The van der Waals surface area contributed by atoms with Crippen LogP contribution >= 0.6 is 11.8 Å². The van der Waals surface area contributed by atoms with E-state index in [1.807, 2.05) is 84.9 Å². The van der Waals surface area contributed by atoms with Crippen molar-refractivity contribution in [1.82, 2.24) is 0 Å². The Hall–Kier alpha value is -4.29. The molecule has 1 aliphatic heterocycles. The lowest BCUT2D eigenvalue weighted by Gasteiger charge is -2.15. The number of amides is 1. The Morgan fingerprint density at radius 1 is 0.865 bits per heavy atom. The van der Waals surface area contributed by atoms with E-state index in [4.69, 9.17) is 14.5 Å². The topological polar surface area (TPSA) is 51.1 Å². The van der Waals surface area contributed by atoms with Crippen LogP contribution in [0.1, 0.15) is 16.7 Å². The number of methoxy groups -OCH3 is 1. The van der Waals surface area contributed by atoms with Gasteiger partial charge in [-0.15, -0.1) is 0 Å². The Labute approximate surface area is 221 Å². The zero-order valence-corrected chi connectivity index (χ0v) is 21.4. The maximum absolute atomic E-state index is 13.5. The summed E-state index contributed by atoms with van der Waals surface area (Å²) in [5.74, 6) is 1.13. The van der Waals surface area contributed by atoms with Crippen molar-refractivity contribution < 1.29 is 14.3 Å². The molecule has 1 fully saturated rings. The number of amidine groups is 1. The molecule has 4 aromatic rings. The van der Waals surface area contributed by atoms with E-state index in [2.05, 4.69) is 31.2 Å². The molecule has 0 radical (unpaired) electrons. The summed E-state index contributed by atoms with van der Waals surface area (Å²) in [7, 11) is 1.61. The summed E-state index contributed by atoms with van der Waals surface area (Å²) in [6.07, 6.45) is 1.86. The van der Waals surface area contributed by atoms with Crippen molar-refractivity contribution >= 4 is 40.3 Å². The first-order chi connectivity index (χ1) is 18.1. The minimum atomic E-state index is -0.121. The quantitative estimate of drug-likeness (QED) is 0.245. The van der Waals surface area contributed by atoms with Gasteiger partial charge in [0.25, 0.3) is 5.91 Å². The van der Waals surface area contributed by atoms with Crippen LogP contribution in [0.3, 0.4) is 0 Å². The van der Waals surface area contributed by atoms with Gasteiger partial charge >= 0.3 is 0 Å². The van der Waals surface area contributed by atoms with E-state index >= 15 is 0 Å². The molecule has 0 aliphatic carbocycles. The highest BCUT2D eigenvalue weighted by Crippen LogP contribution is 2.38. The predicted octanol–water partition coefficient (Wildman–Crippen LogP) is 7.39. The number of benzene rings is 4. The second kappa shape index (κ2) is 11.2. The summed E-state index contributed by atoms with van der Waals surface area (Å²) in [5.41, 5.74) is 4.69. The third-order valence-electron chi connectivity index (χ3n) is 5.80. The standard InChI is InChI=1S/C31H26N2O3S/c1-22-13-15-23(16-14-22)21-36-27-18-17-24(19-28(27)35-2)20-29-30(34)33(26-11-7-4-8-12-26)31(37-29)32-25-9-5-3-6-10-25/h3-20H,21H2,1-2H3/b29-20+,32-31?. The van der Waals surface area contributed by atoms with E-state index in [-0.39, 0.29) is 5.91 Å². The number of rotatable bonds is 7. The predicted molar refractivity (Wildman–Crippen MR) is 152 cm³/mol. The molecule has 0 saturated carbocycles. The van der Waals surface area contributed by atoms with Gasteiger partial charge in [-0.2, -0.15) is 0 Å². The van der Waals surface area contributed by atoms with Crippen molar-refractivity contribution in [3.8, 4) is 11.5 Å². The van der Waals surface area contributed by atoms with E-state index in [1.165, 1.54) is 17.3 Å². The van der Waals surface area contributed by atoms with Gasteiger partial charge in [0.15, 0.2) is 16.7 Å². The average Bonchev–Trinajstić information content (AvgIpc) is 3.23. The van der Waals surface area contributed by atoms with Crippen LogP contribution in [0.5, 0.6) is 11.5 Å². The highest BCUT2D eigenvalue weighted by Gasteiger charge is 2.34. The number of carbonyl (C=O) groups is 1. The van der Waals surface area contributed by atoms with Crippen LogP contribution in [0, 0.1) is 6.92 Å². The molecule has 0 N–H and O–H groups in total. The average molecular weight is 507 g/mol. The summed E-state index contributed by atoms with van der Waals surface area (Å²) in [6.45, 7) is 2.50. The lowest BCUT2D eigenvalue weighted by Crippen LogP contribution is -2.28. The van der Waals surface area contributed by atoms with Crippen molar-refractivity contribution in [3.05, 3.63) is 125 Å². The third-order valence-corrected chi connectivity index (χ3v) is 6.77. The first-order valence-corrected chi connectivity index (χ1v) is 12.7. The molecule has 5 rings (SSSR count). The molecule has 1 saturated heterocycles. The van der Waals surface area contributed by atoms with E-state index in [0.717, 1.165) is 22.5 Å². The lowest BCUT2D eigenvalue weighted by molar-refractivity contribution is -0.113. The normalized spacial score (nSPS) is 15.4. The molecule has 1 heterocycles. The molecule has 4 aromatic carbocycles. The van der Waals surface area contributed by atoms with Crippen LogP contribution in [0.2, 0.25) is 0 Å². The molecule has 1 amide bonds. The molecule has 37 heavy (non-hydrogen) atoms. The first-order valence-electron chi connectivity index (χ1n) is 11.9. The maximum atomic E-state index is 13.5. The van der Waals surface area contributed by atoms with Gasteiger partial charge in [-0.1, -0.05) is 72.3 Å². The van der Waals surface area contributed by atoms with Crippen molar-refractivity contribution in [2.75, 3.05) is 12.0 Å². The highest BCUT2D eigenvalue weighted by atomic mass is 32.2. The fraction of sp³-hybridized carbons (Fsp3) is 0.0968. The van der Waals surface area contributed by atoms with Crippen LogP contribution in [0.4, 0.5) is 11.4 Å². The van der Waals surface area contributed by atoms with Gasteiger partial charge in [0, 0.05) is 0 Å². The molecule has 0 aromatic heterocycles. The number of hydrogen-bond acceptors (Lipinski definition) is 5. The molecule has 5 nitrogen and oxygen atoms in total. The number of hydrogen-bond donors (Lipinski definition) is 0. The van der Waals surface area contributed by atoms with Crippen LogP contribution in [0.15, 0.2) is 113 Å². The Morgan fingerprint density at radius 3 is 2.27 bits per heavy atom. The second-order valence-corrected chi connectivity index (χ2v) is 9.51. The Morgan fingerprint density at radius 2 is 1.57 bits per heavy atom. The molecular weight excluding hydrogens is 480 g/mol. The lowest BCUT2D eigenvalue weighted by atomic mass is 10.1. The Balaban J connectivity index is 1.42. The number of nitrogens with zero attached hydrogens (tertiary/aromatic N) is 2. The van der Waals surface area contributed by atoms with Gasteiger partial charge in [0.05, 0.1) is 23.4 Å². The smallest absolute Gasteiger partial charge is 0.271 e. The molecule has 0 spiro atoms. The van der Waals surface area contributed by atoms with Gasteiger partial charge in [-0.3, -0.25) is 9.69 Å². The summed E-state index contributed by atoms with van der Waals surface area (Å²) in [4.78, 5) is 20.5. The van der Waals surface area contributed by atoms with Crippen LogP contribution < -0.4 is 14.4 Å². The largest absolute Gasteiger partial charge is 0.493 e.